The monoisotopic (exact) mass is 1290 g/mol. The number of carbonyl (C=O) groups is 7. The number of aromatic nitrogens is 14. The number of methoxy groups -OCH3 is 1. The van der Waals surface area contributed by atoms with Crippen LogP contribution in [0.1, 0.15) is 91.4 Å². The topological polar surface area (TPSA) is 417 Å². The second-order valence-electron chi connectivity index (χ2n) is 18.0. The van der Waals surface area contributed by atoms with Gasteiger partial charge in [0.15, 0.2) is 21.9 Å². The number of benzene rings is 2. The highest BCUT2D eigenvalue weighted by molar-refractivity contribution is 6.32. The van der Waals surface area contributed by atoms with E-state index in [1.165, 1.54) is 93.9 Å². The number of aryl methyl sites for hydroxylation is 2. The van der Waals surface area contributed by atoms with Gasteiger partial charge in [0.05, 0.1) is 79.7 Å². The highest BCUT2D eigenvalue weighted by Crippen LogP contribution is 2.26. The molecule has 460 valence electrons. The number of hydrogen-bond donors (Lipinski definition) is 5. The molecule has 7 aromatic heterocycles. The van der Waals surface area contributed by atoms with Crippen LogP contribution in [-0.2, 0) is 23.9 Å². The highest BCUT2D eigenvalue weighted by atomic mass is 35.5. The number of carboxylic acids is 1. The third kappa shape index (κ3) is 27.4. The van der Waals surface area contributed by atoms with Gasteiger partial charge in [-0.15, -0.1) is 10.2 Å². The van der Waals surface area contributed by atoms with Crippen LogP contribution < -0.4 is 22.2 Å². The number of anilines is 2. The summed E-state index contributed by atoms with van der Waals surface area (Å²) in [4.78, 5) is 98.4. The molecular formula is C57H52Cl4N16O12. The predicted octanol–water partition coefficient (Wildman–Crippen LogP) is 7.68. The van der Waals surface area contributed by atoms with Crippen LogP contribution in [0.5, 0.6) is 0 Å². The molecule has 0 bridgehead atoms. The summed E-state index contributed by atoms with van der Waals surface area (Å²) in [5, 5.41) is 59.7. The molecule has 0 unspecified atom stereocenters. The number of halogens is 4. The second-order valence-corrected chi connectivity index (χ2v) is 19.6. The van der Waals surface area contributed by atoms with Crippen molar-refractivity contribution in [1.82, 2.24) is 71.4 Å². The molecular weight excluding hydrogens is 1240 g/mol. The molecule has 28 nitrogen and oxygen atoms in total. The van der Waals surface area contributed by atoms with Crippen LogP contribution >= 0.6 is 46.4 Å². The van der Waals surface area contributed by atoms with Gasteiger partial charge in [0.2, 0.25) is 5.91 Å². The number of cyclic esters (lactones) is 2. The Morgan fingerprint density at radius 1 is 0.573 bits per heavy atom. The number of esters is 3. The van der Waals surface area contributed by atoms with Gasteiger partial charge in [0, 0.05) is 73.4 Å². The van der Waals surface area contributed by atoms with Gasteiger partial charge in [0.1, 0.15) is 0 Å². The molecule has 0 atom stereocenters. The van der Waals surface area contributed by atoms with Gasteiger partial charge in [-0.3, -0.25) is 34.2 Å². The third-order valence-corrected chi connectivity index (χ3v) is 11.1. The molecule has 0 spiro atoms. The number of ketones is 2. The lowest BCUT2D eigenvalue weighted by atomic mass is 9.95. The molecule has 1 aliphatic rings. The summed E-state index contributed by atoms with van der Waals surface area (Å²) >= 11 is 22.8. The molecule has 0 saturated heterocycles. The van der Waals surface area contributed by atoms with Crippen molar-refractivity contribution < 1.29 is 48.1 Å². The second kappa shape index (κ2) is 37.6. The molecule has 0 saturated carbocycles. The van der Waals surface area contributed by atoms with Crippen LogP contribution in [-0.4, -0.2) is 125 Å². The number of ether oxygens (including phenoxy) is 2. The Hall–Kier alpha value is -10.8. The Kier molecular flexibility index (Phi) is 30.6. The minimum atomic E-state index is -0.982. The van der Waals surface area contributed by atoms with Crippen LogP contribution in [0.4, 0.5) is 11.4 Å². The molecule has 1 aliphatic heterocycles. The van der Waals surface area contributed by atoms with Crippen molar-refractivity contribution in [3.63, 3.8) is 0 Å². The molecule has 10 rings (SSSR count). The highest BCUT2D eigenvalue weighted by Gasteiger charge is 2.24. The Morgan fingerprint density at radius 2 is 1.03 bits per heavy atom. The fourth-order valence-electron chi connectivity index (χ4n) is 5.55. The minimum absolute atomic E-state index is 0.157. The maximum atomic E-state index is 12.6. The summed E-state index contributed by atoms with van der Waals surface area (Å²) in [7, 11) is 1.32. The number of nitrogen functional groups attached to an aromatic ring is 1. The van der Waals surface area contributed by atoms with Crippen molar-refractivity contribution in [3.8, 4) is 0 Å². The van der Waals surface area contributed by atoms with Crippen molar-refractivity contribution >= 4 is 99.1 Å². The average Bonchev–Trinajstić information content (AvgIpc) is 3.70. The Labute approximate surface area is 525 Å². The summed E-state index contributed by atoms with van der Waals surface area (Å²) in [5.41, 5.74) is 9.80. The summed E-state index contributed by atoms with van der Waals surface area (Å²) in [6.07, 6.45) is 15.5. The number of amides is 1. The Morgan fingerprint density at radius 3 is 1.38 bits per heavy atom. The number of nitrogens with one attached hydrogen (secondary N) is 3. The van der Waals surface area contributed by atoms with Gasteiger partial charge in [-0.25, -0.2) is 19.2 Å². The van der Waals surface area contributed by atoms with Gasteiger partial charge in [-0.2, -0.15) is 51.0 Å². The van der Waals surface area contributed by atoms with E-state index in [0.717, 1.165) is 11.1 Å². The van der Waals surface area contributed by atoms with Gasteiger partial charge in [-0.05, 0) is 105 Å². The SMILES string of the molecule is CC(C)(C)C(=O)Nc1ccc(Cl)cc1C(=O)c1ccnnc1.CC1=CC(=O)OC1=O.COC(=O)c1ccnnc1.Cc1cc(Cl)nnc1Cl.Cc1ccnnc1.Nc1ccc(Cl)cc1C(=O)c1ccnnc1.O=C(O)c1ccnnc1.O=c1ccc(=O)[nH][nH]1. The van der Waals surface area contributed by atoms with E-state index in [9.17, 15) is 43.2 Å². The summed E-state index contributed by atoms with van der Waals surface area (Å²) in [5.74, 6) is -3.14. The predicted molar refractivity (Wildman–Crippen MR) is 325 cm³/mol. The van der Waals surface area contributed by atoms with Crippen molar-refractivity contribution in [1.29, 1.82) is 0 Å². The lowest BCUT2D eigenvalue weighted by Crippen LogP contribution is -2.28. The normalized spacial score (nSPS) is 10.6. The summed E-state index contributed by atoms with van der Waals surface area (Å²) in [6, 6.07) is 21.5. The zero-order valence-electron chi connectivity index (χ0n) is 47.8. The van der Waals surface area contributed by atoms with Crippen LogP contribution in [0, 0.1) is 19.3 Å². The maximum absolute atomic E-state index is 12.6. The fraction of sp³-hybridized carbons (Fsp3) is 0.140. The number of nitrogens with two attached hydrogens (primary N) is 1. The molecule has 6 N–H and O–H groups in total. The number of hydrogen-bond acceptors (Lipinski definition) is 24. The molecule has 0 aliphatic carbocycles. The standard InChI is InChI=1S/C16H16ClN3O2.C11H8ClN3O.C6H6N2O2.C5H4Cl2N2.C5H4N2O2.C5H6N2.C5H4O3.C4H4N2O2/c1-16(2,3)15(22)20-13-5-4-11(17)8-12(13)14(21)10-6-7-18-19-9-10;12-8-1-2-10(13)9(5-8)11(16)7-3-4-14-15-6-7;1-10-6(9)5-2-3-7-8-4-5;1-3-2-4(6)8-9-5(3)7;8-5(9)4-1-2-6-7-3-4;1-5-2-3-6-7-4-5;1-3-2-4(6)8-5(3)7;7-3-1-2-4(8)6-5-3/h4-9H,1-3H3,(H,20,22);1-6H,13H2;2-4H,1H3;2H,1H3;1-3H,(H,8,9);2-4H,1H3;2H,1H3;1-2H,(H,5,7)(H,6,8). The molecule has 89 heavy (non-hydrogen) atoms. The molecule has 1 amide bonds. The zero-order valence-corrected chi connectivity index (χ0v) is 50.9. The van der Waals surface area contributed by atoms with Crippen LogP contribution in [0.3, 0.4) is 0 Å². The van der Waals surface area contributed by atoms with Crippen LogP contribution in [0.25, 0.3) is 0 Å². The number of carboxylic acid groups (broad SMARTS) is 1. The number of H-pyrrole nitrogens is 2. The zero-order chi connectivity index (χ0) is 66.1. The van der Waals surface area contributed by atoms with Gasteiger partial charge < -0.3 is 25.6 Å². The van der Waals surface area contributed by atoms with E-state index in [0.29, 0.717) is 65.1 Å². The van der Waals surface area contributed by atoms with Gasteiger partial charge in [0.25, 0.3) is 11.1 Å². The lowest BCUT2D eigenvalue weighted by Gasteiger charge is -2.19. The van der Waals surface area contributed by atoms with E-state index in [1.807, 2.05) is 19.9 Å². The van der Waals surface area contributed by atoms with Crippen LogP contribution in [0.15, 0.2) is 168 Å². The molecule has 9 aromatic rings. The number of carbonyl (C=O) groups excluding carboxylic acids is 6. The minimum Gasteiger partial charge on any atom is -0.478 e. The first-order chi connectivity index (χ1) is 42.2. The van der Waals surface area contributed by atoms with E-state index in [4.69, 9.17) is 57.2 Å². The number of rotatable bonds is 7. The van der Waals surface area contributed by atoms with E-state index in [2.05, 4.69) is 86.2 Å². The molecule has 0 radical (unpaired) electrons. The number of nitrogens with zero attached hydrogens (tertiary/aromatic N) is 12. The third-order valence-electron chi connectivity index (χ3n) is 10.1. The largest absolute Gasteiger partial charge is 0.478 e. The smallest absolute Gasteiger partial charge is 0.341 e. The van der Waals surface area contributed by atoms with Crippen LogP contribution in [0.2, 0.25) is 20.4 Å². The lowest BCUT2D eigenvalue weighted by molar-refractivity contribution is -0.150. The number of aromatic carboxylic acids is 1. The molecule has 2 aromatic carbocycles. The first-order valence-electron chi connectivity index (χ1n) is 25.0. The molecule has 32 heteroatoms. The number of aromatic amines is 2. The quantitative estimate of drug-likeness (QED) is 0.0442. The van der Waals surface area contributed by atoms with Crippen molar-refractivity contribution in [2.45, 2.75) is 41.5 Å². The van der Waals surface area contributed by atoms with E-state index in [-0.39, 0.29) is 34.2 Å². The maximum Gasteiger partial charge on any atom is 0.341 e. The Bertz CT molecular complexity index is 3910. The summed E-state index contributed by atoms with van der Waals surface area (Å²) in [6.45, 7) is 10.7. The molecule has 8 heterocycles. The van der Waals surface area contributed by atoms with Crippen molar-refractivity contribution in [2.24, 2.45) is 5.41 Å². The van der Waals surface area contributed by atoms with Crippen molar-refractivity contribution in [3.05, 3.63) is 244 Å². The summed E-state index contributed by atoms with van der Waals surface area (Å²) < 4.78 is 8.53. The Balaban J connectivity index is 0.000000275. The average molecular weight is 1290 g/mol. The van der Waals surface area contributed by atoms with E-state index in [1.54, 1.807) is 87.8 Å². The first-order valence-corrected chi connectivity index (χ1v) is 26.5. The van der Waals surface area contributed by atoms with Gasteiger partial charge >= 0.3 is 23.9 Å². The van der Waals surface area contributed by atoms with E-state index >= 15 is 0 Å². The molecule has 0 fully saturated rings. The fourth-order valence-corrected chi connectivity index (χ4v) is 6.18. The first kappa shape index (κ1) is 72.4. The van der Waals surface area contributed by atoms with Crippen molar-refractivity contribution in [2.75, 3.05) is 18.2 Å². The van der Waals surface area contributed by atoms with Gasteiger partial charge in [-0.1, -0.05) is 67.2 Å². The van der Waals surface area contributed by atoms with E-state index < -0.39 is 29.3 Å².